The number of ether oxygens (including phenoxy) is 2. The van der Waals surface area contributed by atoms with E-state index < -0.39 is 11.8 Å². The number of carboxylic acids is 1. The average molecular weight is 268 g/mol. The third kappa shape index (κ3) is 3.44. The van der Waals surface area contributed by atoms with Crippen molar-refractivity contribution < 1.29 is 23.8 Å². The van der Waals surface area contributed by atoms with E-state index in [1.165, 1.54) is 12.1 Å². The van der Waals surface area contributed by atoms with Crippen LogP contribution in [0.4, 0.5) is 4.39 Å². The topological polar surface area (TPSA) is 55.8 Å². The van der Waals surface area contributed by atoms with E-state index in [4.69, 9.17) is 14.6 Å². The van der Waals surface area contributed by atoms with Crippen molar-refractivity contribution in [2.45, 2.75) is 38.4 Å². The molecule has 19 heavy (non-hydrogen) atoms. The van der Waals surface area contributed by atoms with Crippen LogP contribution in [-0.4, -0.2) is 29.4 Å². The molecule has 2 rings (SSSR count). The van der Waals surface area contributed by atoms with E-state index >= 15 is 0 Å². The van der Waals surface area contributed by atoms with Gasteiger partial charge in [0.25, 0.3) is 0 Å². The molecule has 0 amide bonds. The summed E-state index contributed by atoms with van der Waals surface area (Å²) in [6, 6.07) is 3.74. The summed E-state index contributed by atoms with van der Waals surface area (Å²) in [4.78, 5) is 10.7. The Morgan fingerprint density at radius 3 is 2.84 bits per heavy atom. The lowest BCUT2D eigenvalue weighted by molar-refractivity contribution is -0.0327. The van der Waals surface area contributed by atoms with Gasteiger partial charge in [0, 0.05) is 6.07 Å². The lowest BCUT2D eigenvalue weighted by Crippen LogP contribution is -2.23. The summed E-state index contributed by atoms with van der Waals surface area (Å²) in [5, 5.41) is 8.72. The fourth-order valence-electron chi connectivity index (χ4n) is 2.14. The molecule has 1 fully saturated rings. The SMILES string of the molecule is CC1(C)CCC(COc2ccc(C(=O)O)c(F)c2)O1. The van der Waals surface area contributed by atoms with Crippen LogP contribution < -0.4 is 4.74 Å². The van der Waals surface area contributed by atoms with Crippen molar-refractivity contribution in [3.05, 3.63) is 29.6 Å². The normalized spacial score (nSPS) is 21.3. The van der Waals surface area contributed by atoms with Crippen LogP contribution in [0.15, 0.2) is 18.2 Å². The van der Waals surface area contributed by atoms with E-state index in [-0.39, 0.29) is 17.3 Å². The van der Waals surface area contributed by atoms with Crippen LogP contribution in [0.3, 0.4) is 0 Å². The van der Waals surface area contributed by atoms with E-state index in [2.05, 4.69) is 0 Å². The second-order valence-electron chi connectivity index (χ2n) is 5.30. The van der Waals surface area contributed by atoms with Crippen molar-refractivity contribution in [2.24, 2.45) is 0 Å². The molecule has 4 nitrogen and oxygen atoms in total. The molecule has 1 atom stereocenters. The average Bonchev–Trinajstić information content (AvgIpc) is 2.66. The minimum atomic E-state index is -1.29. The van der Waals surface area contributed by atoms with Gasteiger partial charge in [0.1, 0.15) is 18.2 Å². The fraction of sp³-hybridized carbons (Fsp3) is 0.500. The molecule has 1 N–H and O–H groups in total. The van der Waals surface area contributed by atoms with Crippen molar-refractivity contribution in [2.75, 3.05) is 6.61 Å². The van der Waals surface area contributed by atoms with Gasteiger partial charge in [-0.2, -0.15) is 0 Å². The van der Waals surface area contributed by atoms with Gasteiger partial charge in [-0.1, -0.05) is 0 Å². The highest BCUT2D eigenvalue weighted by molar-refractivity contribution is 5.88. The summed E-state index contributed by atoms with van der Waals surface area (Å²) in [5.74, 6) is -1.77. The van der Waals surface area contributed by atoms with Crippen molar-refractivity contribution in [1.29, 1.82) is 0 Å². The summed E-state index contributed by atoms with van der Waals surface area (Å²) in [5.41, 5.74) is -0.488. The molecule has 0 bridgehead atoms. The van der Waals surface area contributed by atoms with Crippen LogP contribution in [0.1, 0.15) is 37.0 Å². The second-order valence-corrected chi connectivity index (χ2v) is 5.30. The van der Waals surface area contributed by atoms with E-state index in [1.54, 1.807) is 0 Å². The van der Waals surface area contributed by atoms with Gasteiger partial charge >= 0.3 is 5.97 Å². The molecule has 1 aliphatic heterocycles. The number of carbonyl (C=O) groups is 1. The van der Waals surface area contributed by atoms with Gasteiger partial charge in [-0.25, -0.2) is 9.18 Å². The first kappa shape index (κ1) is 13.8. The number of carboxylic acid groups (broad SMARTS) is 1. The highest BCUT2D eigenvalue weighted by Gasteiger charge is 2.31. The molecule has 0 radical (unpaired) electrons. The monoisotopic (exact) mass is 268 g/mol. The summed E-state index contributed by atoms with van der Waals surface area (Å²) in [6.45, 7) is 4.39. The van der Waals surface area contributed by atoms with E-state index in [0.717, 1.165) is 18.9 Å². The lowest BCUT2D eigenvalue weighted by atomic mass is 10.1. The molecule has 0 saturated carbocycles. The van der Waals surface area contributed by atoms with E-state index in [0.29, 0.717) is 12.4 Å². The first-order valence-electron chi connectivity index (χ1n) is 6.21. The third-order valence-electron chi connectivity index (χ3n) is 3.16. The van der Waals surface area contributed by atoms with E-state index in [1.807, 2.05) is 13.8 Å². The second kappa shape index (κ2) is 5.17. The van der Waals surface area contributed by atoms with Gasteiger partial charge in [-0.05, 0) is 38.8 Å². The minimum absolute atomic E-state index is 0.00258. The van der Waals surface area contributed by atoms with Crippen molar-refractivity contribution in [1.82, 2.24) is 0 Å². The van der Waals surface area contributed by atoms with Gasteiger partial charge in [-0.15, -0.1) is 0 Å². The number of aromatic carboxylic acids is 1. The highest BCUT2D eigenvalue weighted by Crippen LogP contribution is 2.29. The molecule has 1 aliphatic rings. The first-order chi connectivity index (χ1) is 8.87. The molecular formula is C14H17FO4. The summed E-state index contributed by atoms with van der Waals surface area (Å²) >= 11 is 0. The number of rotatable bonds is 4. The fourth-order valence-corrected chi connectivity index (χ4v) is 2.14. The molecule has 5 heteroatoms. The standard InChI is InChI=1S/C14H17FO4/c1-14(2)6-5-10(19-14)8-18-9-3-4-11(13(16)17)12(15)7-9/h3-4,7,10H,5-6,8H2,1-2H3,(H,16,17). The predicted molar refractivity (Wildman–Crippen MR) is 67.0 cm³/mol. The molecule has 1 heterocycles. The van der Waals surface area contributed by atoms with Crippen molar-refractivity contribution >= 4 is 5.97 Å². The number of halogens is 1. The summed E-state index contributed by atoms with van der Waals surface area (Å²) < 4.78 is 24.6. The number of hydrogen-bond acceptors (Lipinski definition) is 3. The zero-order valence-electron chi connectivity index (χ0n) is 11.0. The molecule has 104 valence electrons. The smallest absolute Gasteiger partial charge is 0.338 e. The maximum Gasteiger partial charge on any atom is 0.338 e. The quantitative estimate of drug-likeness (QED) is 0.912. The van der Waals surface area contributed by atoms with Crippen LogP contribution in [0.2, 0.25) is 0 Å². The molecule has 1 aromatic carbocycles. The molecule has 0 aliphatic carbocycles. The Hall–Kier alpha value is -1.62. The Kier molecular flexibility index (Phi) is 3.75. The maximum atomic E-state index is 13.4. The summed E-state index contributed by atoms with van der Waals surface area (Å²) in [6.07, 6.45) is 1.87. The van der Waals surface area contributed by atoms with Crippen molar-refractivity contribution in [3.8, 4) is 5.75 Å². The van der Waals surface area contributed by atoms with E-state index in [9.17, 15) is 9.18 Å². The van der Waals surface area contributed by atoms with Crippen LogP contribution >= 0.6 is 0 Å². The molecule has 1 saturated heterocycles. The number of hydrogen-bond donors (Lipinski definition) is 1. The first-order valence-corrected chi connectivity index (χ1v) is 6.21. The van der Waals surface area contributed by atoms with Gasteiger partial charge in [-0.3, -0.25) is 0 Å². The predicted octanol–water partition coefficient (Wildman–Crippen LogP) is 2.86. The van der Waals surface area contributed by atoms with Crippen LogP contribution in [0, 0.1) is 5.82 Å². The molecule has 0 aromatic heterocycles. The third-order valence-corrected chi connectivity index (χ3v) is 3.16. The van der Waals surface area contributed by atoms with Gasteiger partial charge < -0.3 is 14.6 Å². The van der Waals surface area contributed by atoms with Gasteiger partial charge in [0.2, 0.25) is 0 Å². The van der Waals surface area contributed by atoms with Crippen LogP contribution in [0.25, 0.3) is 0 Å². The Morgan fingerprint density at radius 2 is 2.32 bits per heavy atom. The van der Waals surface area contributed by atoms with Gasteiger partial charge in [0.05, 0.1) is 17.3 Å². The highest BCUT2D eigenvalue weighted by atomic mass is 19.1. The Morgan fingerprint density at radius 1 is 1.58 bits per heavy atom. The largest absolute Gasteiger partial charge is 0.491 e. The molecule has 1 unspecified atom stereocenters. The zero-order chi connectivity index (χ0) is 14.0. The Labute approximate surface area is 111 Å². The zero-order valence-corrected chi connectivity index (χ0v) is 11.0. The molecular weight excluding hydrogens is 251 g/mol. The summed E-state index contributed by atoms with van der Waals surface area (Å²) in [7, 11) is 0. The molecule has 0 spiro atoms. The Balaban J connectivity index is 1.94. The Bertz CT molecular complexity index is 484. The minimum Gasteiger partial charge on any atom is -0.491 e. The van der Waals surface area contributed by atoms with Crippen LogP contribution in [-0.2, 0) is 4.74 Å². The maximum absolute atomic E-state index is 13.4. The lowest BCUT2D eigenvalue weighted by Gasteiger charge is -2.19. The number of benzene rings is 1. The van der Waals surface area contributed by atoms with Gasteiger partial charge in [0.15, 0.2) is 0 Å². The van der Waals surface area contributed by atoms with Crippen LogP contribution in [0.5, 0.6) is 5.75 Å². The van der Waals surface area contributed by atoms with Crippen molar-refractivity contribution in [3.63, 3.8) is 0 Å². The molecule has 1 aromatic rings.